The minimum atomic E-state index is -3.72. The summed E-state index contributed by atoms with van der Waals surface area (Å²) in [5, 5.41) is 17.0. The van der Waals surface area contributed by atoms with Crippen LogP contribution in [-0.2, 0) is 10.0 Å². The number of nitrogens with one attached hydrogen (secondary N) is 1. The molecule has 1 heterocycles. The maximum atomic E-state index is 12.5. The van der Waals surface area contributed by atoms with E-state index in [1.165, 1.54) is 18.2 Å². The number of nitrogens with zero attached hydrogens (tertiary/aromatic N) is 3. The van der Waals surface area contributed by atoms with Gasteiger partial charge in [-0.3, -0.25) is 10.1 Å². The van der Waals surface area contributed by atoms with Crippen LogP contribution in [0.1, 0.15) is 29.5 Å². The zero-order valence-corrected chi connectivity index (χ0v) is 12.1. The number of aromatic nitrogens is 2. The smallest absolute Gasteiger partial charge is 0.258 e. The van der Waals surface area contributed by atoms with E-state index >= 15 is 0 Å². The highest BCUT2D eigenvalue weighted by molar-refractivity contribution is 7.89. The summed E-state index contributed by atoms with van der Waals surface area (Å²) in [6.07, 6.45) is 7.98. The van der Waals surface area contributed by atoms with Gasteiger partial charge in [-0.25, -0.2) is 17.8 Å². The highest BCUT2D eigenvalue weighted by Crippen LogP contribution is 2.31. The van der Waals surface area contributed by atoms with Crippen molar-refractivity contribution in [3.8, 4) is 0 Å². The SMILES string of the molecule is O=[N+]([O-])C1=CCC(NS(=O)(=O)C2CC=Cc3nonc32)C=C1. The maximum Gasteiger partial charge on any atom is 0.265 e. The molecule has 0 fully saturated rings. The minimum Gasteiger partial charge on any atom is -0.258 e. The Morgan fingerprint density at radius 2 is 2.14 bits per heavy atom. The third-order valence-corrected chi connectivity index (χ3v) is 5.25. The lowest BCUT2D eigenvalue weighted by Crippen LogP contribution is -2.37. The van der Waals surface area contributed by atoms with Crippen molar-refractivity contribution in [3.63, 3.8) is 0 Å². The molecule has 1 aromatic heterocycles. The standard InChI is InChI=1S/C12H12N4O5S/c17-16(18)9-6-4-8(5-7-9)15-22(19,20)11-3-1-2-10-12(11)14-21-13-10/h1-2,4,6-8,11,15H,3,5H2. The molecular formula is C12H12N4O5S. The van der Waals surface area contributed by atoms with Crippen molar-refractivity contribution in [3.05, 3.63) is 51.5 Å². The summed E-state index contributed by atoms with van der Waals surface area (Å²) >= 11 is 0. The van der Waals surface area contributed by atoms with Crippen LogP contribution in [-0.4, -0.2) is 29.7 Å². The Hall–Kier alpha value is -2.33. The van der Waals surface area contributed by atoms with Crippen LogP contribution in [0, 0.1) is 10.1 Å². The van der Waals surface area contributed by atoms with Gasteiger partial charge in [0.15, 0.2) is 0 Å². The second-order valence-electron chi connectivity index (χ2n) is 4.91. The molecule has 1 N–H and O–H groups in total. The average molecular weight is 324 g/mol. The molecule has 0 saturated carbocycles. The van der Waals surface area contributed by atoms with Gasteiger partial charge in [0.1, 0.15) is 16.6 Å². The highest BCUT2D eigenvalue weighted by Gasteiger charge is 2.35. The summed E-state index contributed by atoms with van der Waals surface area (Å²) < 4.78 is 32.1. The maximum absolute atomic E-state index is 12.5. The monoisotopic (exact) mass is 324 g/mol. The molecule has 0 spiro atoms. The van der Waals surface area contributed by atoms with Gasteiger partial charge in [-0.15, -0.1) is 0 Å². The Morgan fingerprint density at radius 1 is 1.32 bits per heavy atom. The lowest BCUT2D eigenvalue weighted by molar-refractivity contribution is -0.419. The van der Waals surface area contributed by atoms with Crippen LogP contribution < -0.4 is 4.72 Å². The average Bonchev–Trinajstić information content (AvgIpc) is 2.95. The molecule has 0 aliphatic heterocycles. The Kier molecular flexibility index (Phi) is 3.62. The normalized spacial score (nSPS) is 23.9. The first-order chi connectivity index (χ1) is 10.5. The zero-order chi connectivity index (χ0) is 15.7. The molecule has 10 heteroatoms. The molecule has 0 radical (unpaired) electrons. The first-order valence-corrected chi connectivity index (χ1v) is 8.05. The number of hydrogen-bond donors (Lipinski definition) is 1. The number of allylic oxidation sites excluding steroid dienone is 2. The van der Waals surface area contributed by atoms with Crippen molar-refractivity contribution < 1.29 is 18.0 Å². The van der Waals surface area contributed by atoms with Crippen molar-refractivity contribution in [1.82, 2.24) is 15.0 Å². The lowest BCUT2D eigenvalue weighted by atomic mass is 10.1. The van der Waals surface area contributed by atoms with E-state index in [2.05, 4.69) is 19.7 Å². The summed E-state index contributed by atoms with van der Waals surface area (Å²) in [4.78, 5) is 10.1. The first kappa shape index (κ1) is 14.6. The third kappa shape index (κ3) is 2.70. The van der Waals surface area contributed by atoms with Gasteiger partial charge < -0.3 is 0 Å². The summed E-state index contributed by atoms with van der Waals surface area (Å²) in [7, 11) is -3.72. The molecule has 0 aromatic carbocycles. The summed E-state index contributed by atoms with van der Waals surface area (Å²) in [6, 6.07) is -0.525. The topological polar surface area (TPSA) is 128 Å². The predicted molar refractivity (Wildman–Crippen MR) is 75.4 cm³/mol. The van der Waals surface area contributed by atoms with E-state index in [0.29, 0.717) is 5.69 Å². The molecule has 2 aliphatic carbocycles. The Morgan fingerprint density at radius 3 is 2.82 bits per heavy atom. The largest absolute Gasteiger partial charge is 0.265 e. The second kappa shape index (κ2) is 5.46. The predicted octanol–water partition coefficient (Wildman–Crippen LogP) is 0.936. The fourth-order valence-corrected chi connectivity index (χ4v) is 3.94. The van der Waals surface area contributed by atoms with Gasteiger partial charge in [0, 0.05) is 12.1 Å². The molecular weight excluding hydrogens is 312 g/mol. The molecule has 2 unspecified atom stereocenters. The molecule has 0 saturated heterocycles. The van der Waals surface area contributed by atoms with E-state index in [0.717, 1.165) is 0 Å². The van der Waals surface area contributed by atoms with Crippen LogP contribution in [0.4, 0.5) is 0 Å². The molecule has 3 rings (SSSR count). The van der Waals surface area contributed by atoms with Gasteiger partial charge in [0.2, 0.25) is 10.0 Å². The molecule has 22 heavy (non-hydrogen) atoms. The van der Waals surface area contributed by atoms with Gasteiger partial charge in [0.25, 0.3) is 5.70 Å². The van der Waals surface area contributed by atoms with Crippen LogP contribution in [0.15, 0.2) is 34.6 Å². The Labute approximate surface area is 125 Å². The summed E-state index contributed by atoms with van der Waals surface area (Å²) in [5.74, 6) is 0. The minimum absolute atomic E-state index is 0.0426. The van der Waals surface area contributed by atoms with E-state index in [4.69, 9.17) is 0 Å². The summed E-state index contributed by atoms with van der Waals surface area (Å²) in [5.41, 5.74) is 0.631. The molecule has 2 atom stereocenters. The number of nitro groups is 1. The van der Waals surface area contributed by atoms with Gasteiger partial charge in [-0.1, -0.05) is 22.5 Å². The van der Waals surface area contributed by atoms with Crippen LogP contribution in [0.3, 0.4) is 0 Å². The molecule has 0 bridgehead atoms. The third-order valence-electron chi connectivity index (χ3n) is 3.45. The zero-order valence-electron chi connectivity index (χ0n) is 11.2. The van der Waals surface area contributed by atoms with Gasteiger partial charge in [-0.05, 0) is 25.0 Å². The van der Waals surface area contributed by atoms with Crippen molar-refractivity contribution in [2.45, 2.75) is 24.1 Å². The molecule has 1 aromatic rings. The van der Waals surface area contributed by atoms with Gasteiger partial charge in [-0.2, -0.15) is 0 Å². The fraction of sp³-hybridized carbons (Fsp3) is 0.333. The van der Waals surface area contributed by atoms with Crippen LogP contribution in [0.25, 0.3) is 6.08 Å². The van der Waals surface area contributed by atoms with Gasteiger partial charge >= 0.3 is 0 Å². The fourth-order valence-electron chi connectivity index (χ4n) is 2.35. The van der Waals surface area contributed by atoms with Crippen molar-refractivity contribution in [2.24, 2.45) is 0 Å². The quantitative estimate of drug-likeness (QED) is 0.644. The molecule has 116 valence electrons. The van der Waals surface area contributed by atoms with Crippen LogP contribution >= 0.6 is 0 Å². The Balaban J connectivity index is 1.75. The van der Waals surface area contributed by atoms with E-state index < -0.39 is 26.2 Å². The van der Waals surface area contributed by atoms with Gasteiger partial charge in [0.05, 0.1) is 4.92 Å². The Bertz CT molecular complexity index is 792. The number of fused-ring (bicyclic) bond motifs is 1. The van der Waals surface area contributed by atoms with E-state index in [1.54, 1.807) is 12.2 Å². The molecule has 9 nitrogen and oxygen atoms in total. The number of hydrogen-bond acceptors (Lipinski definition) is 7. The first-order valence-electron chi connectivity index (χ1n) is 6.50. The van der Waals surface area contributed by atoms with E-state index in [9.17, 15) is 18.5 Å². The second-order valence-corrected chi connectivity index (χ2v) is 6.81. The van der Waals surface area contributed by atoms with E-state index in [-0.39, 0.29) is 24.2 Å². The number of sulfonamides is 1. The molecule has 0 amide bonds. The van der Waals surface area contributed by atoms with E-state index in [1.807, 2.05) is 0 Å². The molecule has 2 aliphatic rings. The van der Waals surface area contributed by atoms with Crippen molar-refractivity contribution in [2.75, 3.05) is 0 Å². The summed E-state index contributed by atoms with van der Waals surface area (Å²) in [6.45, 7) is 0. The van der Waals surface area contributed by atoms with Crippen LogP contribution in [0.5, 0.6) is 0 Å². The highest BCUT2D eigenvalue weighted by atomic mass is 32.2. The lowest BCUT2D eigenvalue weighted by Gasteiger charge is -2.21. The van der Waals surface area contributed by atoms with Crippen LogP contribution in [0.2, 0.25) is 0 Å². The van der Waals surface area contributed by atoms with Crippen molar-refractivity contribution in [1.29, 1.82) is 0 Å². The number of rotatable bonds is 4. The van der Waals surface area contributed by atoms with Crippen molar-refractivity contribution >= 4 is 16.1 Å².